The second-order valence-electron chi connectivity index (χ2n) is 6.08. The van der Waals surface area contributed by atoms with Gasteiger partial charge in [0.2, 0.25) is 0 Å². The molecule has 27 heavy (non-hydrogen) atoms. The molecular weight excluding hydrogens is 391 g/mol. The number of nitrogens with zero attached hydrogens (tertiary/aromatic N) is 1. The van der Waals surface area contributed by atoms with Gasteiger partial charge in [0.05, 0.1) is 12.6 Å². The first-order valence-electron chi connectivity index (χ1n) is 8.47. The molecule has 0 aromatic heterocycles. The van der Waals surface area contributed by atoms with Gasteiger partial charge in [0.1, 0.15) is 0 Å². The number of ether oxygens (including phenoxy) is 1. The minimum absolute atomic E-state index is 0. The fourth-order valence-corrected chi connectivity index (χ4v) is 3.25. The van der Waals surface area contributed by atoms with Crippen LogP contribution in [0, 0.1) is 0 Å². The summed E-state index contributed by atoms with van der Waals surface area (Å²) in [5.74, 6) is -0.309. The smallest absolute Gasteiger partial charge is 0.414 e. The number of anilines is 1. The molecule has 0 fully saturated rings. The third kappa shape index (κ3) is 4.77. The van der Waals surface area contributed by atoms with E-state index in [1.54, 1.807) is 43.3 Å². The number of halogens is 2. The number of hydrogen-bond donors (Lipinski definition) is 3. The van der Waals surface area contributed by atoms with Crippen molar-refractivity contribution in [3.8, 4) is 11.5 Å². The average molecular weight is 413 g/mol. The van der Waals surface area contributed by atoms with Crippen LogP contribution in [0.25, 0.3) is 0 Å². The standard InChI is InChI=1S/C19H21ClN2O4.ClH/c1-2-26-19(25)22(14-5-3-13(20)4-6-14)11-16-15-10-18(24)17(23)9-12(15)7-8-21-16;/h3-6,9-10,16,21,23-24H,2,7-8,11H2,1H3;1H. The molecule has 0 aliphatic carbocycles. The van der Waals surface area contributed by atoms with Crippen molar-refractivity contribution in [2.24, 2.45) is 0 Å². The molecule has 2 aromatic rings. The molecule has 1 amide bonds. The van der Waals surface area contributed by atoms with Gasteiger partial charge in [-0.15, -0.1) is 12.4 Å². The van der Waals surface area contributed by atoms with Crippen molar-refractivity contribution in [2.45, 2.75) is 19.4 Å². The molecule has 146 valence electrons. The minimum atomic E-state index is -0.452. The number of phenols is 2. The highest BCUT2D eigenvalue weighted by Gasteiger charge is 2.27. The van der Waals surface area contributed by atoms with Gasteiger partial charge in [-0.25, -0.2) is 4.79 Å². The highest BCUT2D eigenvalue weighted by Crippen LogP contribution is 2.34. The van der Waals surface area contributed by atoms with Gasteiger partial charge in [0.15, 0.2) is 11.5 Å². The van der Waals surface area contributed by atoms with Crippen molar-refractivity contribution in [1.82, 2.24) is 5.32 Å². The molecule has 0 spiro atoms. The van der Waals surface area contributed by atoms with Crippen molar-refractivity contribution in [2.75, 3.05) is 24.6 Å². The van der Waals surface area contributed by atoms with Crippen molar-refractivity contribution in [3.05, 3.63) is 52.5 Å². The van der Waals surface area contributed by atoms with E-state index >= 15 is 0 Å². The summed E-state index contributed by atoms with van der Waals surface area (Å²) in [5, 5.41) is 23.6. The normalized spacial score (nSPS) is 15.4. The Bertz CT molecular complexity index is 799. The van der Waals surface area contributed by atoms with Crippen LogP contribution in [0.2, 0.25) is 5.02 Å². The lowest BCUT2D eigenvalue weighted by Gasteiger charge is -2.32. The zero-order valence-corrected chi connectivity index (χ0v) is 16.4. The molecular formula is C19H22Cl2N2O4. The molecule has 0 radical (unpaired) electrons. The van der Waals surface area contributed by atoms with E-state index in [2.05, 4.69) is 5.32 Å². The van der Waals surface area contributed by atoms with Crippen molar-refractivity contribution >= 4 is 35.8 Å². The van der Waals surface area contributed by atoms with E-state index in [0.717, 1.165) is 17.5 Å². The maximum absolute atomic E-state index is 12.5. The first-order valence-corrected chi connectivity index (χ1v) is 8.85. The zero-order chi connectivity index (χ0) is 18.7. The Labute approximate surface area is 169 Å². The molecule has 0 bridgehead atoms. The number of aromatic hydroxyl groups is 2. The number of amides is 1. The molecule has 6 nitrogen and oxygen atoms in total. The molecule has 1 atom stereocenters. The maximum Gasteiger partial charge on any atom is 0.414 e. The van der Waals surface area contributed by atoms with Gasteiger partial charge >= 0.3 is 6.09 Å². The number of carbonyl (C=O) groups is 1. The Hall–Kier alpha value is -2.15. The first-order chi connectivity index (χ1) is 12.5. The monoisotopic (exact) mass is 412 g/mol. The van der Waals surface area contributed by atoms with Crippen LogP contribution >= 0.6 is 24.0 Å². The summed E-state index contributed by atoms with van der Waals surface area (Å²) >= 11 is 5.95. The van der Waals surface area contributed by atoms with Gasteiger partial charge in [-0.3, -0.25) is 4.90 Å². The summed E-state index contributed by atoms with van der Waals surface area (Å²) in [5.41, 5.74) is 2.48. The fourth-order valence-electron chi connectivity index (χ4n) is 3.12. The Morgan fingerprint density at radius 3 is 2.59 bits per heavy atom. The van der Waals surface area contributed by atoms with E-state index in [4.69, 9.17) is 16.3 Å². The first kappa shape index (κ1) is 21.2. The van der Waals surface area contributed by atoms with Gasteiger partial charge in [-0.05, 0) is 67.4 Å². The lowest BCUT2D eigenvalue weighted by atomic mass is 9.93. The fraction of sp³-hybridized carbons (Fsp3) is 0.316. The average Bonchev–Trinajstić information content (AvgIpc) is 2.62. The van der Waals surface area contributed by atoms with Crippen LogP contribution in [0.1, 0.15) is 24.1 Å². The largest absolute Gasteiger partial charge is 0.504 e. The summed E-state index contributed by atoms with van der Waals surface area (Å²) < 4.78 is 5.20. The summed E-state index contributed by atoms with van der Waals surface area (Å²) in [6.45, 7) is 3.05. The van der Waals surface area contributed by atoms with Crippen molar-refractivity contribution in [3.63, 3.8) is 0 Å². The number of benzene rings is 2. The van der Waals surface area contributed by atoms with E-state index in [1.165, 1.54) is 4.90 Å². The number of carbonyl (C=O) groups excluding carboxylic acids is 1. The van der Waals surface area contributed by atoms with Gasteiger partial charge in [-0.1, -0.05) is 11.6 Å². The van der Waals surface area contributed by atoms with Crippen LogP contribution in [-0.2, 0) is 11.2 Å². The Morgan fingerprint density at radius 1 is 1.26 bits per heavy atom. The second-order valence-corrected chi connectivity index (χ2v) is 6.52. The molecule has 1 aliphatic rings. The van der Waals surface area contributed by atoms with Gasteiger partial charge in [-0.2, -0.15) is 0 Å². The van der Waals surface area contributed by atoms with Crippen LogP contribution in [0.4, 0.5) is 10.5 Å². The molecule has 3 rings (SSSR count). The van der Waals surface area contributed by atoms with Crippen molar-refractivity contribution < 1.29 is 19.7 Å². The topological polar surface area (TPSA) is 82.0 Å². The van der Waals surface area contributed by atoms with E-state index in [0.29, 0.717) is 23.8 Å². The maximum atomic E-state index is 12.5. The number of hydrogen-bond acceptors (Lipinski definition) is 5. The molecule has 1 aliphatic heterocycles. The highest BCUT2D eigenvalue weighted by atomic mass is 35.5. The predicted molar refractivity (Wildman–Crippen MR) is 107 cm³/mol. The van der Waals surface area contributed by atoms with Crippen LogP contribution in [0.5, 0.6) is 11.5 Å². The highest BCUT2D eigenvalue weighted by molar-refractivity contribution is 6.30. The Balaban J connectivity index is 0.00000261. The van der Waals surface area contributed by atoms with E-state index in [1.807, 2.05) is 0 Å². The van der Waals surface area contributed by atoms with Crippen molar-refractivity contribution in [1.29, 1.82) is 0 Å². The molecule has 0 saturated carbocycles. The summed E-state index contributed by atoms with van der Waals surface area (Å²) in [4.78, 5) is 14.0. The Morgan fingerprint density at radius 2 is 1.93 bits per heavy atom. The zero-order valence-electron chi connectivity index (χ0n) is 14.8. The summed E-state index contributed by atoms with van der Waals surface area (Å²) in [7, 11) is 0. The van der Waals surface area contributed by atoms with E-state index in [-0.39, 0.29) is 36.6 Å². The third-order valence-corrected chi connectivity index (χ3v) is 4.64. The number of nitrogens with one attached hydrogen (secondary N) is 1. The lowest BCUT2D eigenvalue weighted by molar-refractivity contribution is 0.159. The predicted octanol–water partition coefficient (Wildman–Crippen LogP) is 4.02. The summed E-state index contributed by atoms with van der Waals surface area (Å²) in [6, 6.07) is 9.88. The molecule has 3 N–H and O–H groups in total. The SMILES string of the molecule is CCOC(=O)N(CC1NCCc2cc(O)c(O)cc21)c1ccc(Cl)cc1.Cl. The lowest BCUT2D eigenvalue weighted by Crippen LogP contribution is -2.42. The van der Waals surface area contributed by atoms with Crippen LogP contribution < -0.4 is 10.2 Å². The Kier molecular flexibility index (Phi) is 7.18. The molecule has 8 heteroatoms. The minimum Gasteiger partial charge on any atom is -0.504 e. The number of rotatable bonds is 4. The molecule has 2 aromatic carbocycles. The third-order valence-electron chi connectivity index (χ3n) is 4.39. The van der Waals surface area contributed by atoms with Gasteiger partial charge in [0, 0.05) is 17.3 Å². The van der Waals surface area contributed by atoms with Crippen LogP contribution in [-0.4, -0.2) is 36.0 Å². The number of fused-ring (bicyclic) bond motifs is 1. The molecule has 1 unspecified atom stereocenters. The van der Waals surface area contributed by atoms with Crippen LogP contribution in [0.15, 0.2) is 36.4 Å². The number of phenolic OH excluding ortho intramolecular Hbond substituents is 2. The van der Waals surface area contributed by atoms with E-state index < -0.39 is 6.09 Å². The van der Waals surface area contributed by atoms with Crippen LogP contribution in [0.3, 0.4) is 0 Å². The van der Waals surface area contributed by atoms with E-state index in [9.17, 15) is 15.0 Å². The molecule has 0 saturated heterocycles. The summed E-state index contributed by atoms with van der Waals surface area (Å²) in [6.07, 6.45) is 0.284. The second kappa shape index (κ2) is 9.17. The van der Waals surface area contributed by atoms with Gasteiger partial charge < -0.3 is 20.3 Å². The molecule has 1 heterocycles. The quantitative estimate of drug-likeness (QED) is 0.660. The van der Waals surface area contributed by atoms with Gasteiger partial charge in [0.25, 0.3) is 0 Å².